The van der Waals surface area contributed by atoms with Crippen LogP contribution >= 0.6 is 27.3 Å². The van der Waals surface area contributed by atoms with Gasteiger partial charge in [-0.3, -0.25) is 0 Å². The fourth-order valence-electron chi connectivity index (χ4n) is 9.21. The van der Waals surface area contributed by atoms with E-state index in [1.807, 2.05) is 11.3 Å². The number of halogens is 1. The van der Waals surface area contributed by atoms with Gasteiger partial charge in [0.25, 0.3) is 0 Å². The van der Waals surface area contributed by atoms with E-state index in [0.717, 1.165) is 27.2 Å². The lowest BCUT2D eigenvalue weighted by Crippen LogP contribution is -2.12. The number of anilines is 3. The highest BCUT2D eigenvalue weighted by molar-refractivity contribution is 9.10. The molecule has 0 atom stereocenters. The van der Waals surface area contributed by atoms with E-state index < -0.39 is 0 Å². The van der Waals surface area contributed by atoms with Crippen LogP contribution in [0.15, 0.2) is 217 Å². The summed E-state index contributed by atoms with van der Waals surface area (Å²) in [5, 5.41) is 9.93. The average Bonchev–Trinajstić information content (AvgIpc) is 3.85. The Balaban J connectivity index is 1.18. The van der Waals surface area contributed by atoms with Gasteiger partial charge >= 0.3 is 0 Å². The standard InChI is InChI=1S/C56H35BrN2S/c57-55-50(59-48-32-27-40-17-9-10-20-45(40)53(48)47-33-41-18-7-8-19-42(41)34-49(47)59)35-52-54(46-21-11-12-22-51(46)60-52)56(55)58(43-28-23-38(24-29-43)36-13-3-1-4-14-36)44-30-25-39(26-31-44)37-15-5-2-6-16-37/h1-35H. The van der Waals surface area contributed by atoms with Crippen LogP contribution in [0.25, 0.3) is 91.5 Å². The van der Waals surface area contributed by atoms with Crippen molar-refractivity contribution in [1.29, 1.82) is 0 Å². The molecule has 0 unspecified atom stereocenters. The molecule has 2 heterocycles. The van der Waals surface area contributed by atoms with E-state index in [0.29, 0.717) is 0 Å². The first kappa shape index (κ1) is 35.0. The number of hydrogen-bond donors (Lipinski definition) is 0. The number of thiophene rings is 1. The van der Waals surface area contributed by atoms with Crippen molar-refractivity contribution in [2.45, 2.75) is 0 Å². The lowest BCUT2D eigenvalue weighted by Gasteiger charge is -2.29. The maximum atomic E-state index is 4.41. The Kier molecular flexibility index (Phi) is 8.22. The molecule has 10 aromatic carbocycles. The van der Waals surface area contributed by atoms with Crippen LogP contribution < -0.4 is 4.90 Å². The number of benzene rings is 10. The molecule has 0 saturated heterocycles. The number of aromatic nitrogens is 1. The third kappa shape index (κ3) is 5.60. The van der Waals surface area contributed by atoms with Crippen LogP contribution in [-0.4, -0.2) is 4.57 Å². The van der Waals surface area contributed by atoms with Crippen molar-refractivity contribution in [1.82, 2.24) is 4.57 Å². The van der Waals surface area contributed by atoms with E-state index in [4.69, 9.17) is 0 Å². The predicted octanol–water partition coefficient (Wildman–Crippen LogP) is 17.0. The van der Waals surface area contributed by atoms with Gasteiger partial charge in [0, 0.05) is 42.3 Å². The van der Waals surface area contributed by atoms with Crippen LogP contribution in [0.1, 0.15) is 0 Å². The fraction of sp³-hybridized carbons (Fsp3) is 0. The number of fused-ring (bicyclic) bond motifs is 9. The van der Waals surface area contributed by atoms with Gasteiger partial charge in [-0.1, -0.05) is 158 Å². The predicted molar refractivity (Wildman–Crippen MR) is 262 cm³/mol. The zero-order chi connectivity index (χ0) is 39.7. The van der Waals surface area contributed by atoms with Gasteiger partial charge in [-0.2, -0.15) is 0 Å². The fourth-order valence-corrected chi connectivity index (χ4v) is 11.0. The normalized spacial score (nSPS) is 11.8. The van der Waals surface area contributed by atoms with E-state index in [1.165, 1.54) is 85.8 Å². The monoisotopic (exact) mass is 846 g/mol. The highest BCUT2D eigenvalue weighted by Crippen LogP contribution is 2.52. The zero-order valence-electron chi connectivity index (χ0n) is 32.4. The van der Waals surface area contributed by atoms with Crippen molar-refractivity contribution in [3.05, 3.63) is 217 Å². The quantitative estimate of drug-likeness (QED) is 0.162. The summed E-state index contributed by atoms with van der Waals surface area (Å²) >= 11 is 6.26. The number of nitrogens with zero attached hydrogens (tertiary/aromatic N) is 2. The van der Waals surface area contributed by atoms with Gasteiger partial charge in [0.1, 0.15) is 0 Å². The van der Waals surface area contributed by atoms with Gasteiger partial charge in [-0.05, 0) is 114 Å². The third-order valence-electron chi connectivity index (χ3n) is 12.0. The molecule has 0 saturated carbocycles. The summed E-state index contributed by atoms with van der Waals surface area (Å²) in [7, 11) is 0. The van der Waals surface area contributed by atoms with Crippen LogP contribution in [-0.2, 0) is 0 Å². The Morgan fingerprint density at radius 2 is 0.917 bits per heavy atom. The third-order valence-corrected chi connectivity index (χ3v) is 13.9. The molecule has 12 rings (SSSR count). The average molecular weight is 848 g/mol. The summed E-state index contributed by atoms with van der Waals surface area (Å²) in [4.78, 5) is 2.46. The van der Waals surface area contributed by atoms with Crippen molar-refractivity contribution in [3.8, 4) is 27.9 Å². The second-order valence-electron chi connectivity index (χ2n) is 15.4. The summed E-state index contributed by atoms with van der Waals surface area (Å²) in [6.45, 7) is 0. The SMILES string of the molecule is Brc1c(-n2c3cc4ccccc4cc3c3c4ccccc4ccc32)cc2sc3ccccc3c2c1N(c1ccc(-c2ccccc2)cc1)c1ccc(-c2ccccc2)cc1. The molecule has 0 aliphatic carbocycles. The van der Waals surface area contributed by atoms with Crippen LogP contribution in [0, 0.1) is 0 Å². The van der Waals surface area contributed by atoms with Crippen molar-refractivity contribution in [2.24, 2.45) is 0 Å². The molecule has 2 aromatic heterocycles. The summed E-state index contributed by atoms with van der Waals surface area (Å²) < 4.78 is 6.01. The minimum absolute atomic E-state index is 1.03. The zero-order valence-corrected chi connectivity index (χ0v) is 34.8. The maximum Gasteiger partial charge on any atom is 0.0718 e. The molecule has 0 aliphatic rings. The van der Waals surface area contributed by atoms with E-state index in [9.17, 15) is 0 Å². The first-order chi connectivity index (χ1) is 29.7. The molecule has 0 fully saturated rings. The maximum absolute atomic E-state index is 4.41. The highest BCUT2D eigenvalue weighted by atomic mass is 79.9. The van der Waals surface area contributed by atoms with Crippen molar-refractivity contribution < 1.29 is 0 Å². The minimum atomic E-state index is 1.03. The van der Waals surface area contributed by atoms with Crippen molar-refractivity contribution in [3.63, 3.8) is 0 Å². The van der Waals surface area contributed by atoms with E-state index >= 15 is 0 Å². The highest BCUT2D eigenvalue weighted by Gasteiger charge is 2.27. The number of rotatable bonds is 6. The smallest absolute Gasteiger partial charge is 0.0718 e. The summed E-state index contributed by atoms with van der Waals surface area (Å²) in [6.07, 6.45) is 0. The van der Waals surface area contributed by atoms with Gasteiger partial charge in [-0.15, -0.1) is 11.3 Å². The second-order valence-corrected chi connectivity index (χ2v) is 17.3. The minimum Gasteiger partial charge on any atom is -0.309 e. The molecule has 4 heteroatoms. The van der Waals surface area contributed by atoms with Gasteiger partial charge in [0.15, 0.2) is 0 Å². The summed E-state index contributed by atoms with van der Waals surface area (Å²) in [5.41, 5.74) is 11.5. The summed E-state index contributed by atoms with van der Waals surface area (Å²) in [5.74, 6) is 0. The Morgan fingerprint density at radius 1 is 0.383 bits per heavy atom. The van der Waals surface area contributed by atoms with Gasteiger partial charge < -0.3 is 9.47 Å². The number of hydrogen-bond acceptors (Lipinski definition) is 2. The van der Waals surface area contributed by atoms with Crippen LogP contribution in [0.2, 0.25) is 0 Å². The molecule has 60 heavy (non-hydrogen) atoms. The molecule has 282 valence electrons. The van der Waals surface area contributed by atoms with Gasteiger partial charge in [-0.25, -0.2) is 0 Å². The van der Waals surface area contributed by atoms with Gasteiger partial charge in [0.2, 0.25) is 0 Å². The van der Waals surface area contributed by atoms with E-state index in [1.54, 1.807) is 0 Å². The lowest BCUT2D eigenvalue weighted by molar-refractivity contribution is 1.17. The topological polar surface area (TPSA) is 8.17 Å². The molecule has 2 nitrogen and oxygen atoms in total. The Labute approximate surface area is 359 Å². The molecular weight excluding hydrogens is 813 g/mol. The molecule has 12 aromatic rings. The lowest BCUT2D eigenvalue weighted by atomic mass is 10.0. The molecule has 0 N–H and O–H groups in total. The summed E-state index contributed by atoms with van der Waals surface area (Å²) in [6, 6.07) is 77.4. The largest absolute Gasteiger partial charge is 0.309 e. The van der Waals surface area contributed by atoms with Crippen molar-refractivity contribution >= 4 is 108 Å². The Morgan fingerprint density at radius 3 is 1.57 bits per heavy atom. The van der Waals surface area contributed by atoms with E-state index in [-0.39, 0.29) is 0 Å². The molecule has 0 radical (unpaired) electrons. The molecule has 0 aliphatic heterocycles. The molecule has 0 amide bonds. The van der Waals surface area contributed by atoms with Crippen LogP contribution in [0.4, 0.5) is 17.1 Å². The second kappa shape index (κ2) is 14.1. The van der Waals surface area contributed by atoms with Crippen LogP contribution in [0.5, 0.6) is 0 Å². The van der Waals surface area contributed by atoms with E-state index in [2.05, 4.69) is 238 Å². The molecule has 0 bridgehead atoms. The van der Waals surface area contributed by atoms with Crippen LogP contribution in [0.3, 0.4) is 0 Å². The van der Waals surface area contributed by atoms with Crippen molar-refractivity contribution in [2.75, 3.05) is 4.90 Å². The first-order valence-electron chi connectivity index (χ1n) is 20.3. The molecule has 0 spiro atoms. The molecular formula is C56H35BrN2S. The Bertz CT molecular complexity index is 3510. The van der Waals surface area contributed by atoms with Gasteiger partial charge in [0.05, 0.1) is 26.9 Å². The Hall–Kier alpha value is -6.98. The first-order valence-corrected chi connectivity index (χ1v) is 21.9.